The van der Waals surface area contributed by atoms with Crippen molar-refractivity contribution in [2.24, 2.45) is 0 Å². The van der Waals surface area contributed by atoms with Crippen LogP contribution in [0.3, 0.4) is 0 Å². The Balaban J connectivity index is -0.0000000580. The highest BCUT2D eigenvalue weighted by Gasteiger charge is 1.99. The van der Waals surface area contributed by atoms with Crippen molar-refractivity contribution in [1.82, 2.24) is 9.80 Å². The third-order valence-corrected chi connectivity index (χ3v) is 1.58. The Morgan fingerprint density at radius 1 is 0.690 bits per heavy atom. The molecule has 0 rings (SSSR count). The van der Waals surface area contributed by atoms with Crippen molar-refractivity contribution >= 4 is 30.3 Å². The van der Waals surface area contributed by atoms with E-state index in [1.165, 1.54) is 13.8 Å². The van der Waals surface area contributed by atoms with E-state index < -0.39 is 17.9 Å². The summed E-state index contributed by atoms with van der Waals surface area (Å²) in [5.74, 6) is -2.75. The molecule has 0 spiro atoms. The van der Waals surface area contributed by atoms with E-state index in [2.05, 4.69) is 19.7 Å². The van der Waals surface area contributed by atoms with Crippen molar-refractivity contribution in [3.63, 3.8) is 0 Å². The van der Waals surface area contributed by atoms with Crippen LogP contribution in [0.25, 0.3) is 0 Å². The Hall–Kier alpha value is -2.16. The van der Waals surface area contributed by atoms with Gasteiger partial charge in [0.15, 0.2) is 0 Å². The molecule has 0 aromatic rings. The number of carboxylic acid groups (broad SMARTS) is 3. The Morgan fingerprint density at radius 2 is 0.862 bits per heavy atom. The van der Waals surface area contributed by atoms with E-state index in [0.29, 0.717) is 12.0 Å². The van der Waals surface area contributed by atoms with Crippen molar-refractivity contribution < 1.29 is 29.7 Å². The van der Waals surface area contributed by atoms with E-state index in [1.54, 1.807) is 0 Å². The van der Waals surface area contributed by atoms with Crippen LogP contribution in [0.1, 0.15) is 33.6 Å². The van der Waals surface area contributed by atoms with Gasteiger partial charge >= 0.3 is 17.9 Å². The van der Waals surface area contributed by atoms with E-state index >= 15 is 0 Å². The highest BCUT2D eigenvalue weighted by Crippen LogP contribution is 1.99. The summed E-state index contributed by atoms with van der Waals surface area (Å²) in [4.78, 5) is 33.2. The number of halogens is 1. The lowest BCUT2D eigenvalue weighted by Crippen LogP contribution is -1.99. The van der Waals surface area contributed by atoms with Crippen LogP contribution in [0.4, 0.5) is 0 Å². The standard InChI is InChI=1S/C6H10O2.2C4H6O2.2C3H9N.ClH/c1-3-4-5(2)6(7)8;2*1-3(2)4(5)6;2*1-4(2)3;/h2-4H2,1H3,(H,7,8);2*1H2,2H3,(H,5,6);2*1-3H3;1H. The Labute approximate surface area is 182 Å². The summed E-state index contributed by atoms with van der Waals surface area (Å²) in [7, 11) is 12.0. The molecule has 0 unspecified atom stereocenters. The van der Waals surface area contributed by atoms with Gasteiger partial charge in [-0.3, -0.25) is 0 Å². The number of hydrogen-bond acceptors (Lipinski definition) is 5. The van der Waals surface area contributed by atoms with Crippen LogP contribution in [-0.4, -0.2) is 85.3 Å². The first-order chi connectivity index (χ1) is 12.4. The van der Waals surface area contributed by atoms with Gasteiger partial charge in [-0.05, 0) is 62.6 Å². The summed E-state index contributed by atoms with van der Waals surface area (Å²) < 4.78 is 0. The molecule has 0 aliphatic heterocycles. The summed E-state index contributed by atoms with van der Waals surface area (Å²) >= 11 is 0. The lowest BCUT2D eigenvalue weighted by molar-refractivity contribution is -0.133. The van der Waals surface area contributed by atoms with Gasteiger partial charge in [-0.1, -0.05) is 33.1 Å². The van der Waals surface area contributed by atoms with E-state index in [9.17, 15) is 14.4 Å². The van der Waals surface area contributed by atoms with E-state index in [-0.39, 0.29) is 23.6 Å². The second kappa shape index (κ2) is 28.1. The Morgan fingerprint density at radius 3 is 0.897 bits per heavy atom. The fourth-order valence-corrected chi connectivity index (χ4v) is 0.409. The minimum absolute atomic E-state index is 0. The molecule has 0 heterocycles. The van der Waals surface area contributed by atoms with Crippen LogP contribution in [0.2, 0.25) is 0 Å². The average molecular weight is 441 g/mol. The van der Waals surface area contributed by atoms with Crippen molar-refractivity contribution in [2.45, 2.75) is 33.6 Å². The third kappa shape index (κ3) is 89.1. The minimum Gasteiger partial charge on any atom is -0.478 e. The highest BCUT2D eigenvalue weighted by atomic mass is 35.5. The van der Waals surface area contributed by atoms with E-state index in [1.807, 2.05) is 59.0 Å². The van der Waals surface area contributed by atoms with Crippen molar-refractivity contribution in [2.75, 3.05) is 42.3 Å². The molecule has 0 atom stereocenters. The summed E-state index contributed by atoms with van der Waals surface area (Å²) in [5.41, 5.74) is 0.650. The maximum Gasteiger partial charge on any atom is 0.330 e. The summed E-state index contributed by atoms with van der Waals surface area (Å²) in [5, 5.41) is 24.0. The molecule has 0 aliphatic carbocycles. The fourth-order valence-electron chi connectivity index (χ4n) is 0.409. The fraction of sp³-hybridized carbons (Fsp3) is 0.550. The second-order valence-corrected chi connectivity index (χ2v) is 6.51. The lowest BCUT2D eigenvalue weighted by Gasteiger charge is -1.92. The predicted molar refractivity (Wildman–Crippen MR) is 123 cm³/mol. The number of nitrogens with zero attached hydrogens (tertiary/aromatic N) is 2. The minimum atomic E-state index is -0.935. The molecule has 8 nitrogen and oxygen atoms in total. The van der Waals surface area contributed by atoms with Gasteiger partial charge in [0.2, 0.25) is 0 Å². The average Bonchev–Trinajstić information content (AvgIpc) is 2.47. The summed E-state index contributed by atoms with van der Waals surface area (Å²) in [6.07, 6.45) is 1.44. The molecule has 0 aromatic carbocycles. The molecule has 0 bridgehead atoms. The maximum absolute atomic E-state index is 9.99. The smallest absolute Gasteiger partial charge is 0.330 e. The number of aliphatic carboxylic acids is 3. The Kier molecular flexibility index (Phi) is 39.9. The van der Waals surface area contributed by atoms with Gasteiger partial charge in [-0.25, -0.2) is 14.4 Å². The van der Waals surface area contributed by atoms with Gasteiger partial charge in [0.1, 0.15) is 0 Å². The normalized spacial score (nSPS) is 7.97. The first-order valence-corrected chi connectivity index (χ1v) is 8.34. The maximum atomic E-state index is 9.99. The molecule has 29 heavy (non-hydrogen) atoms. The van der Waals surface area contributed by atoms with Crippen LogP contribution in [0.15, 0.2) is 36.5 Å². The summed E-state index contributed by atoms with van der Waals surface area (Å²) in [6, 6.07) is 0. The van der Waals surface area contributed by atoms with Crippen LogP contribution < -0.4 is 0 Å². The summed E-state index contributed by atoms with van der Waals surface area (Å²) in [6.45, 7) is 14.5. The monoisotopic (exact) mass is 440 g/mol. The SMILES string of the molecule is C=C(C)C(=O)O.C=C(C)C(=O)O.C=C(CCC)C(=O)O.CN(C)C.CN(C)C.Cl. The van der Waals surface area contributed by atoms with Crippen molar-refractivity contribution in [3.8, 4) is 0 Å². The zero-order valence-corrected chi connectivity index (χ0v) is 20.2. The first-order valence-electron chi connectivity index (χ1n) is 8.34. The van der Waals surface area contributed by atoms with E-state index in [0.717, 1.165) is 6.42 Å². The third-order valence-electron chi connectivity index (χ3n) is 1.58. The molecule has 0 aliphatic rings. The molecular formula is C20H41ClN2O6. The quantitative estimate of drug-likeness (QED) is 0.556. The molecule has 174 valence electrons. The van der Waals surface area contributed by atoms with Gasteiger partial charge in [0.25, 0.3) is 0 Å². The first kappa shape index (κ1) is 41.3. The van der Waals surface area contributed by atoms with Gasteiger partial charge in [0.05, 0.1) is 0 Å². The second-order valence-electron chi connectivity index (χ2n) is 6.51. The highest BCUT2D eigenvalue weighted by molar-refractivity contribution is 5.86. The molecule has 0 aromatic heterocycles. The Bertz CT molecular complexity index is 430. The van der Waals surface area contributed by atoms with Gasteiger partial charge < -0.3 is 25.1 Å². The van der Waals surface area contributed by atoms with Crippen LogP contribution in [-0.2, 0) is 14.4 Å². The topological polar surface area (TPSA) is 118 Å². The zero-order valence-electron chi connectivity index (χ0n) is 19.4. The molecule has 0 radical (unpaired) electrons. The van der Waals surface area contributed by atoms with Gasteiger partial charge in [-0.2, -0.15) is 0 Å². The molecule has 0 saturated carbocycles. The zero-order chi connectivity index (χ0) is 24.0. The number of carboxylic acids is 3. The molecule has 0 saturated heterocycles. The predicted octanol–water partition coefficient (Wildman–Crippen LogP) is 3.50. The van der Waals surface area contributed by atoms with Crippen LogP contribution >= 0.6 is 12.4 Å². The molecule has 9 heteroatoms. The number of rotatable bonds is 5. The van der Waals surface area contributed by atoms with E-state index in [4.69, 9.17) is 15.3 Å². The lowest BCUT2D eigenvalue weighted by atomic mass is 10.2. The molecule has 0 fully saturated rings. The van der Waals surface area contributed by atoms with Gasteiger partial charge in [0, 0.05) is 16.7 Å². The molecule has 3 N–H and O–H groups in total. The van der Waals surface area contributed by atoms with Crippen LogP contribution in [0, 0.1) is 0 Å². The molecular weight excluding hydrogens is 400 g/mol. The van der Waals surface area contributed by atoms with Crippen molar-refractivity contribution in [3.05, 3.63) is 36.5 Å². The largest absolute Gasteiger partial charge is 0.478 e. The van der Waals surface area contributed by atoms with Crippen molar-refractivity contribution in [1.29, 1.82) is 0 Å². The number of carbonyl (C=O) groups is 3. The van der Waals surface area contributed by atoms with Gasteiger partial charge in [-0.15, -0.1) is 12.4 Å². The van der Waals surface area contributed by atoms with Crippen LogP contribution in [0.5, 0.6) is 0 Å². The molecule has 0 amide bonds. The number of hydrogen-bond donors (Lipinski definition) is 3.